The van der Waals surface area contributed by atoms with E-state index >= 15 is 0 Å². The van der Waals surface area contributed by atoms with Crippen LogP contribution in [0.4, 0.5) is 0 Å². The highest BCUT2D eigenvalue weighted by atomic mass is 16.5. The Labute approximate surface area is 105 Å². The summed E-state index contributed by atoms with van der Waals surface area (Å²) in [6.45, 7) is 7.75. The summed E-state index contributed by atoms with van der Waals surface area (Å²) in [4.78, 5) is 0. The van der Waals surface area contributed by atoms with Crippen LogP contribution < -0.4 is 0 Å². The van der Waals surface area contributed by atoms with Gasteiger partial charge in [0.25, 0.3) is 0 Å². The number of benzene rings is 1. The lowest BCUT2D eigenvalue weighted by Crippen LogP contribution is -2.46. The topological polar surface area (TPSA) is 29.5 Å². The molecule has 0 heterocycles. The van der Waals surface area contributed by atoms with Gasteiger partial charge in [0.2, 0.25) is 0 Å². The average molecular weight is 236 g/mol. The molecule has 1 aromatic rings. The van der Waals surface area contributed by atoms with Gasteiger partial charge < -0.3 is 9.84 Å². The third-order valence-corrected chi connectivity index (χ3v) is 3.74. The SMILES string of the molecule is CCCc1ccc(C(C)(O)C(C)(C)OC)cc1. The molecule has 17 heavy (non-hydrogen) atoms. The fraction of sp³-hybridized carbons (Fsp3) is 0.600. The molecule has 1 rings (SSSR count). The average Bonchev–Trinajstić information content (AvgIpc) is 2.30. The fourth-order valence-corrected chi connectivity index (χ4v) is 1.83. The van der Waals surface area contributed by atoms with E-state index in [4.69, 9.17) is 4.74 Å². The third-order valence-electron chi connectivity index (χ3n) is 3.74. The molecule has 0 bridgehead atoms. The van der Waals surface area contributed by atoms with E-state index in [-0.39, 0.29) is 0 Å². The first-order valence-corrected chi connectivity index (χ1v) is 6.22. The maximum absolute atomic E-state index is 10.6. The van der Waals surface area contributed by atoms with Gasteiger partial charge in [-0.1, -0.05) is 37.6 Å². The summed E-state index contributed by atoms with van der Waals surface area (Å²) < 4.78 is 5.38. The van der Waals surface area contributed by atoms with E-state index < -0.39 is 11.2 Å². The van der Waals surface area contributed by atoms with Crippen molar-refractivity contribution in [1.82, 2.24) is 0 Å². The van der Waals surface area contributed by atoms with E-state index in [1.54, 1.807) is 14.0 Å². The Morgan fingerprint density at radius 1 is 1.12 bits per heavy atom. The number of hydrogen-bond acceptors (Lipinski definition) is 2. The maximum Gasteiger partial charge on any atom is 0.115 e. The summed E-state index contributed by atoms with van der Waals surface area (Å²) in [6.07, 6.45) is 2.22. The van der Waals surface area contributed by atoms with Crippen LogP contribution in [0.1, 0.15) is 45.2 Å². The minimum absolute atomic E-state index is 0.612. The van der Waals surface area contributed by atoms with Crippen molar-refractivity contribution in [2.75, 3.05) is 7.11 Å². The second-order valence-corrected chi connectivity index (χ2v) is 5.23. The Balaban J connectivity index is 2.99. The number of methoxy groups -OCH3 is 1. The van der Waals surface area contributed by atoms with Crippen LogP contribution >= 0.6 is 0 Å². The highest BCUT2D eigenvalue weighted by Gasteiger charge is 2.40. The summed E-state index contributed by atoms with van der Waals surface area (Å²) >= 11 is 0. The van der Waals surface area contributed by atoms with Crippen molar-refractivity contribution < 1.29 is 9.84 Å². The predicted molar refractivity (Wildman–Crippen MR) is 71.1 cm³/mol. The van der Waals surface area contributed by atoms with Crippen LogP contribution in [0.15, 0.2) is 24.3 Å². The van der Waals surface area contributed by atoms with Gasteiger partial charge in [-0.2, -0.15) is 0 Å². The minimum Gasteiger partial charge on any atom is -0.382 e. The zero-order valence-electron chi connectivity index (χ0n) is 11.6. The van der Waals surface area contributed by atoms with Gasteiger partial charge in [0, 0.05) is 7.11 Å². The second kappa shape index (κ2) is 5.19. The van der Waals surface area contributed by atoms with Crippen LogP contribution in [-0.4, -0.2) is 17.8 Å². The third kappa shape index (κ3) is 2.88. The molecule has 0 amide bonds. The Bertz CT molecular complexity index is 350. The van der Waals surface area contributed by atoms with E-state index in [1.165, 1.54) is 5.56 Å². The van der Waals surface area contributed by atoms with Gasteiger partial charge in [-0.05, 0) is 38.3 Å². The first-order valence-electron chi connectivity index (χ1n) is 6.22. The van der Waals surface area contributed by atoms with Crippen LogP contribution in [0.3, 0.4) is 0 Å². The number of hydrogen-bond donors (Lipinski definition) is 1. The van der Waals surface area contributed by atoms with Crippen molar-refractivity contribution in [1.29, 1.82) is 0 Å². The van der Waals surface area contributed by atoms with Crippen LogP contribution in [0.25, 0.3) is 0 Å². The van der Waals surface area contributed by atoms with Crippen molar-refractivity contribution in [3.63, 3.8) is 0 Å². The lowest BCUT2D eigenvalue weighted by molar-refractivity contribution is -0.145. The molecule has 0 saturated carbocycles. The van der Waals surface area contributed by atoms with Gasteiger partial charge in [0.1, 0.15) is 5.60 Å². The molecule has 0 saturated heterocycles. The zero-order valence-corrected chi connectivity index (χ0v) is 11.6. The molecule has 0 aliphatic carbocycles. The van der Waals surface area contributed by atoms with Gasteiger partial charge in [0.15, 0.2) is 0 Å². The van der Waals surface area contributed by atoms with Crippen molar-refractivity contribution in [3.05, 3.63) is 35.4 Å². The summed E-state index contributed by atoms with van der Waals surface area (Å²) in [5, 5.41) is 10.6. The molecule has 2 heteroatoms. The zero-order chi connectivity index (χ0) is 13.1. The van der Waals surface area contributed by atoms with Gasteiger partial charge in [-0.25, -0.2) is 0 Å². The van der Waals surface area contributed by atoms with Crippen molar-refractivity contribution >= 4 is 0 Å². The molecule has 0 aliphatic rings. The van der Waals surface area contributed by atoms with Crippen LogP contribution in [0, 0.1) is 0 Å². The van der Waals surface area contributed by atoms with Crippen molar-refractivity contribution in [2.24, 2.45) is 0 Å². The smallest absolute Gasteiger partial charge is 0.115 e. The summed E-state index contributed by atoms with van der Waals surface area (Å²) in [6, 6.07) is 8.15. The van der Waals surface area contributed by atoms with Crippen LogP contribution in [-0.2, 0) is 16.8 Å². The van der Waals surface area contributed by atoms with E-state index in [0.29, 0.717) is 0 Å². The Hall–Kier alpha value is -0.860. The molecule has 0 spiro atoms. The lowest BCUT2D eigenvalue weighted by atomic mass is 9.81. The van der Waals surface area contributed by atoms with Crippen molar-refractivity contribution in [2.45, 2.75) is 51.7 Å². The first-order chi connectivity index (χ1) is 7.85. The molecule has 1 unspecified atom stereocenters. The standard InChI is InChI=1S/C15H24O2/c1-6-7-12-8-10-13(11-9-12)15(4,16)14(2,3)17-5/h8-11,16H,6-7H2,1-5H3. The Kier molecular flexibility index (Phi) is 4.34. The largest absolute Gasteiger partial charge is 0.382 e. The molecule has 1 aromatic carbocycles. The summed E-state index contributed by atoms with van der Waals surface area (Å²) in [5.74, 6) is 0. The highest BCUT2D eigenvalue weighted by molar-refractivity contribution is 5.29. The Morgan fingerprint density at radius 2 is 1.65 bits per heavy atom. The summed E-state index contributed by atoms with van der Waals surface area (Å²) in [7, 11) is 1.62. The minimum atomic E-state index is -0.994. The molecule has 0 fully saturated rings. The van der Waals surface area contributed by atoms with Gasteiger partial charge >= 0.3 is 0 Å². The predicted octanol–water partition coefficient (Wildman–Crippen LogP) is 3.27. The highest BCUT2D eigenvalue weighted by Crippen LogP contribution is 2.34. The fourth-order valence-electron chi connectivity index (χ4n) is 1.83. The molecule has 0 radical (unpaired) electrons. The molecule has 1 atom stereocenters. The number of aliphatic hydroxyl groups is 1. The van der Waals surface area contributed by atoms with E-state index in [2.05, 4.69) is 19.1 Å². The van der Waals surface area contributed by atoms with E-state index in [0.717, 1.165) is 18.4 Å². The monoisotopic (exact) mass is 236 g/mol. The first kappa shape index (κ1) is 14.2. The lowest BCUT2D eigenvalue weighted by Gasteiger charge is -2.39. The molecule has 0 aliphatic heterocycles. The quantitative estimate of drug-likeness (QED) is 0.850. The molecule has 96 valence electrons. The van der Waals surface area contributed by atoms with Crippen molar-refractivity contribution in [3.8, 4) is 0 Å². The number of ether oxygens (including phenoxy) is 1. The van der Waals surface area contributed by atoms with Gasteiger partial charge in [-0.3, -0.25) is 0 Å². The molecular formula is C15H24O2. The number of aryl methyl sites for hydroxylation is 1. The van der Waals surface area contributed by atoms with Gasteiger partial charge in [0.05, 0.1) is 5.60 Å². The molecule has 0 aromatic heterocycles. The van der Waals surface area contributed by atoms with E-state index in [1.807, 2.05) is 26.0 Å². The van der Waals surface area contributed by atoms with Crippen LogP contribution in [0.2, 0.25) is 0 Å². The second-order valence-electron chi connectivity index (χ2n) is 5.23. The molecule has 1 N–H and O–H groups in total. The normalized spacial score (nSPS) is 15.6. The Morgan fingerprint density at radius 3 is 2.06 bits per heavy atom. The number of rotatable bonds is 5. The van der Waals surface area contributed by atoms with Crippen LogP contribution in [0.5, 0.6) is 0 Å². The molecular weight excluding hydrogens is 212 g/mol. The summed E-state index contributed by atoms with van der Waals surface area (Å²) in [5.41, 5.74) is 0.595. The van der Waals surface area contributed by atoms with E-state index in [9.17, 15) is 5.11 Å². The maximum atomic E-state index is 10.6. The molecule has 2 nitrogen and oxygen atoms in total. The van der Waals surface area contributed by atoms with Gasteiger partial charge in [-0.15, -0.1) is 0 Å².